The van der Waals surface area contributed by atoms with Crippen LogP contribution in [0.25, 0.3) is 0 Å². The molecule has 1 saturated heterocycles. The molecule has 0 bridgehead atoms. The van der Waals surface area contributed by atoms with Gasteiger partial charge in [-0.1, -0.05) is 20.8 Å². The Kier molecular flexibility index (Phi) is 5.98. The normalized spacial score (nSPS) is 23.8. The van der Waals surface area contributed by atoms with Crippen molar-refractivity contribution < 1.29 is 18.7 Å². The van der Waals surface area contributed by atoms with Gasteiger partial charge in [0.25, 0.3) is 0 Å². The summed E-state index contributed by atoms with van der Waals surface area (Å²) in [4.78, 5) is 14.0. The van der Waals surface area contributed by atoms with Gasteiger partial charge >= 0.3 is 6.09 Å². The monoisotopic (exact) mass is 345 g/mol. The van der Waals surface area contributed by atoms with Gasteiger partial charge in [0.15, 0.2) is 8.32 Å². The zero-order chi connectivity index (χ0) is 18.1. The van der Waals surface area contributed by atoms with Crippen LogP contribution in [-0.2, 0) is 13.9 Å². The highest BCUT2D eigenvalue weighted by atomic mass is 28.4. The summed E-state index contributed by atoms with van der Waals surface area (Å²) in [6.07, 6.45) is -0.278. The predicted octanol–water partition coefficient (Wildman–Crippen LogP) is 4.03. The highest BCUT2D eigenvalue weighted by Gasteiger charge is 2.42. The van der Waals surface area contributed by atoms with E-state index in [1.807, 2.05) is 27.7 Å². The van der Waals surface area contributed by atoms with Gasteiger partial charge in [0, 0.05) is 6.54 Å². The molecule has 6 heteroatoms. The maximum atomic E-state index is 12.3. The molecule has 136 valence electrons. The average molecular weight is 346 g/mol. The minimum atomic E-state index is -1.84. The number of amides is 1. The van der Waals surface area contributed by atoms with Gasteiger partial charge in [0.1, 0.15) is 11.2 Å². The Morgan fingerprint density at radius 3 is 2.26 bits per heavy atom. The first-order valence-electron chi connectivity index (χ1n) is 8.41. The second kappa shape index (κ2) is 6.73. The molecular formula is C17H35NO4Si. The van der Waals surface area contributed by atoms with E-state index in [0.717, 1.165) is 0 Å². The maximum Gasteiger partial charge on any atom is 0.410 e. The molecule has 1 rings (SSSR count). The SMILES string of the molecule is CC(C)(C)OC(=O)N1CCOC(C)(CO[Si](C)(C)C(C)(C)C)C1. The standard InChI is InChI=1S/C17H35NO4Si/c1-15(2,3)22-14(19)18-10-11-20-17(7,12-18)13-21-23(8,9)16(4,5)6/h10-13H2,1-9H3. The summed E-state index contributed by atoms with van der Waals surface area (Å²) in [6.45, 7) is 20.8. The fraction of sp³-hybridized carbons (Fsp3) is 0.941. The molecule has 0 spiro atoms. The number of carbonyl (C=O) groups is 1. The van der Waals surface area contributed by atoms with Crippen LogP contribution in [0.3, 0.4) is 0 Å². The number of hydrogen-bond donors (Lipinski definition) is 0. The second-order valence-electron chi connectivity index (χ2n) is 9.25. The van der Waals surface area contributed by atoms with E-state index in [1.54, 1.807) is 4.90 Å². The molecule has 1 aliphatic heterocycles. The van der Waals surface area contributed by atoms with Crippen molar-refractivity contribution in [3.63, 3.8) is 0 Å². The summed E-state index contributed by atoms with van der Waals surface area (Å²) in [7, 11) is -1.84. The maximum absolute atomic E-state index is 12.3. The first-order chi connectivity index (χ1) is 10.2. The third-order valence-corrected chi connectivity index (χ3v) is 9.01. The lowest BCUT2D eigenvalue weighted by atomic mass is 10.1. The van der Waals surface area contributed by atoms with Gasteiger partial charge in [-0.05, 0) is 45.8 Å². The van der Waals surface area contributed by atoms with Crippen LogP contribution in [0.1, 0.15) is 48.5 Å². The molecule has 1 amide bonds. The van der Waals surface area contributed by atoms with Crippen LogP contribution >= 0.6 is 0 Å². The number of carbonyl (C=O) groups excluding carboxylic acids is 1. The first-order valence-corrected chi connectivity index (χ1v) is 11.3. The summed E-state index contributed by atoms with van der Waals surface area (Å²) in [5.74, 6) is 0. The Morgan fingerprint density at radius 1 is 1.22 bits per heavy atom. The van der Waals surface area contributed by atoms with Gasteiger partial charge in [-0.15, -0.1) is 0 Å². The number of morpholine rings is 1. The minimum Gasteiger partial charge on any atom is -0.444 e. The Hall–Kier alpha value is -0.593. The zero-order valence-electron chi connectivity index (χ0n) is 16.4. The Balaban J connectivity index is 2.67. The van der Waals surface area contributed by atoms with Gasteiger partial charge in [-0.2, -0.15) is 0 Å². The lowest BCUT2D eigenvalue weighted by Gasteiger charge is -2.44. The van der Waals surface area contributed by atoms with E-state index in [4.69, 9.17) is 13.9 Å². The van der Waals surface area contributed by atoms with E-state index in [-0.39, 0.29) is 11.1 Å². The smallest absolute Gasteiger partial charge is 0.410 e. The van der Waals surface area contributed by atoms with Crippen LogP contribution < -0.4 is 0 Å². The van der Waals surface area contributed by atoms with E-state index >= 15 is 0 Å². The molecule has 5 nitrogen and oxygen atoms in total. The van der Waals surface area contributed by atoms with Crippen molar-refractivity contribution in [1.82, 2.24) is 4.90 Å². The van der Waals surface area contributed by atoms with Crippen LogP contribution in [0.4, 0.5) is 4.79 Å². The topological polar surface area (TPSA) is 48.0 Å². The Labute approximate surface area is 142 Å². The summed E-state index contributed by atoms with van der Waals surface area (Å²) >= 11 is 0. The quantitative estimate of drug-likeness (QED) is 0.725. The third-order valence-electron chi connectivity index (χ3n) is 4.53. The Bertz CT molecular complexity index is 425. The second-order valence-corrected chi connectivity index (χ2v) is 14.1. The van der Waals surface area contributed by atoms with Crippen molar-refractivity contribution in [3.8, 4) is 0 Å². The molecule has 0 aromatic carbocycles. The fourth-order valence-corrected chi connectivity index (χ4v) is 3.15. The lowest BCUT2D eigenvalue weighted by molar-refractivity contribution is -0.117. The van der Waals surface area contributed by atoms with Crippen LogP contribution in [0, 0.1) is 0 Å². The molecule has 0 saturated carbocycles. The van der Waals surface area contributed by atoms with Gasteiger partial charge < -0.3 is 18.8 Å². The van der Waals surface area contributed by atoms with E-state index in [9.17, 15) is 4.79 Å². The summed E-state index contributed by atoms with van der Waals surface area (Å²) < 4.78 is 17.7. The predicted molar refractivity (Wildman–Crippen MR) is 95.3 cm³/mol. The van der Waals surface area contributed by atoms with E-state index in [2.05, 4.69) is 33.9 Å². The molecule has 1 heterocycles. The van der Waals surface area contributed by atoms with Gasteiger partial charge in [0.05, 0.1) is 19.8 Å². The fourth-order valence-electron chi connectivity index (χ4n) is 2.05. The number of nitrogens with zero attached hydrogens (tertiary/aromatic N) is 1. The molecule has 0 aliphatic carbocycles. The van der Waals surface area contributed by atoms with Gasteiger partial charge in [-0.25, -0.2) is 4.79 Å². The van der Waals surface area contributed by atoms with Gasteiger partial charge in [0.2, 0.25) is 0 Å². The highest BCUT2D eigenvalue weighted by molar-refractivity contribution is 6.74. The summed E-state index contributed by atoms with van der Waals surface area (Å²) in [5, 5.41) is 0.156. The largest absolute Gasteiger partial charge is 0.444 e. The third kappa shape index (κ3) is 6.08. The zero-order valence-corrected chi connectivity index (χ0v) is 17.4. The molecule has 0 aromatic rings. The van der Waals surface area contributed by atoms with Crippen molar-refractivity contribution in [1.29, 1.82) is 0 Å². The van der Waals surface area contributed by atoms with E-state index < -0.39 is 19.5 Å². The van der Waals surface area contributed by atoms with Crippen LogP contribution in [0.15, 0.2) is 0 Å². The molecule has 23 heavy (non-hydrogen) atoms. The molecular weight excluding hydrogens is 310 g/mol. The van der Waals surface area contributed by atoms with Crippen LogP contribution in [0.2, 0.25) is 18.1 Å². The molecule has 0 N–H and O–H groups in total. The van der Waals surface area contributed by atoms with Crippen molar-refractivity contribution in [2.24, 2.45) is 0 Å². The number of rotatable bonds is 3. The molecule has 1 aliphatic rings. The number of ether oxygens (including phenoxy) is 2. The van der Waals surface area contributed by atoms with Gasteiger partial charge in [-0.3, -0.25) is 0 Å². The first kappa shape index (κ1) is 20.5. The van der Waals surface area contributed by atoms with Crippen molar-refractivity contribution in [2.75, 3.05) is 26.3 Å². The van der Waals surface area contributed by atoms with Crippen molar-refractivity contribution >= 4 is 14.4 Å². The molecule has 0 radical (unpaired) electrons. The molecule has 1 unspecified atom stereocenters. The van der Waals surface area contributed by atoms with Crippen molar-refractivity contribution in [3.05, 3.63) is 0 Å². The van der Waals surface area contributed by atoms with Crippen LogP contribution in [0.5, 0.6) is 0 Å². The molecule has 1 atom stereocenters. The lowest BCUT2D eigenvalue weighted by Crippen LogP contribution is -2.57. The molecule has 1 fully saturated rings. The van der Waals surface area contributed by atoms with Crippen LogP contribution in [-0.4, -0.2) is 56.8 Å². The summed E-state index contributed by atoms with van der Waals surface area (Å²) in [6, 6.07) is 0. The highest BCUT2D eigenvalue weighted by Crippen LogP contribution is 2.37. The summed E-state index contributed by atoms with van der Waals surface area (Å²) in [5.41, 5.74) is -0.964. The molecule has 0 aromatic heterocycles. The Morgan fingerprint density at radius 2 is 1.78 bits per heavy atom. The minimum absolute atomic E-state index is 0.156. The number of hydrogen-bond acceptors (Lipinski definition) is 4. The van der Waals surface area contributed by atoms with E-state index in [1.165, 1.54) is 0 Å². The van der Waals surface area contributed by atoms with E-state index in [0.29, 0.717) is 26.3 Å². The van der Waals surface area contributed by atoms with Crippen molar-refractivity contribution in [2.45, 2.75) is 77.8 Å². The average Bonchev–Trinajstić information content (AvgIpc) is 2.33.